The van der Waals surface area contributed by atoms with Gasteiger partial charge < -0.3 is 9.52 Å². The van der Waals surface area contributed by atoms with Crippen LogP contribution in [0.25, 0.3) is 11.5 Å². The molecule has 1 saturated heterocycles. The van der Waals surface area contributed by atoms with Crippen LogP contribution in [0, 0.1) is 11.7 Å². The highest BCUT2D eigenvalue weighted by Crippen LogP contribution is 2.25. The second-order valence-electron chi connectivity index (χ2n) is 7.58. The third kappa shape index (κ3) is 4.78. The molecular weight excluding hydrogens is 355 g/mol. The van der Waals surface area contributed by atoms with Crippen LogP contribution in [-0.2, 0) is 13.0 Å². The molecule has 0 spiro atoms. The number of oxazole rings is 1. The van der Waals surface area contributed by atoms with Crippen molar-refractivity contribution in [2.75, 3.05) is 13.1 Å². The summed E-state index contributed by atoms with van der Waals surface area (Å²) < 4.78 is 18.6. The first-order valence-corrected chi connectivity index (χ1v) is 9.86. The Balaban J connectivity index is 1.24. The highest BCUT2D eigenvalue weighted by Gasteiger charge is 2.20. The Kier molecular flexibility index (Phi) is 5.72. The molecule has 1 aromatic heterocycles. The van der Waals surface area contributed by atoms with Crippen LogP contribution in [0.5, 0.6) is 5.75 Å². The summed E-state index contributed by atoms with van der Waals surface area (Å²) in [4.78, 5) is 6.98. The number of halogens is 1. The van der Waals surface area contributed by atoms with Gasteiger partial charge in [-0.1, -0.05) is 12.1 Å². The zero-order valence-electron chi connectivity index (χ0n) is 15.9. The van der Waals surface area contributed by atoms with Crippen LogP contribution in [0.3, 0.4) is 0 Å². The third-order valence-electron chi connectivity index (χ3n) is 5.51. The number of likely N-dealkylation sites (tertiary alicyclic amines) is 1. The highest BCUT2D eigenvalue weighted by atomic mass is 19.1. The number of benzene rings is 2. The smallest absolute Gasteiger partial charge is 0.226 e. The lowest BCUT2D eigenvalue weighted by Gasteiger charge is -2.31. The Bertz CT molecular complexity index is 882. The quantitative estimate of drug-likeness (QED) is 0.651. The van der Waals surface area contributed by atoms with Crippen LogP contribution in [-0.4, -0.2) is 28.1 Å². The predicted molar refractivity (Wildman–Crippen MR) is 106 cm³/mol. The van der Waals surface area contributed by atoms with Crippen molar-refractivity contribution in [1.82, 2.24) is 9.88 Å². The van der Waals surface area contributed by atoms with Gasteiger partial charge in [0.1, 0.15) is 17.8 Å². The van der Waals surface area contributed by atoms with Gasteiger partial charge in [-0.25, -0.2) is 9.37 Å². The number of nitrogens with zero attached hydrogens (tertiary/aromatic N) is 2. The van der Waals surface area contributed by atoms with Gasteiger partial charge in [0.15, 0.2) is 0 Å². The first kappa shape index (κ1) is 18.7. The number of phenols is 1. The molecule has 5 heteroatoms. The maximum atomic E-state index is 13.0. The summed E-state index contributed by atoms with van der Waals surface area (Å²) in [5.74, 6) is 1.35. The molecule has 0 atom stereocenters. The fourth-order valence-electron chi connectivity index (χ4n) is 3.80. The van der Waals surface area contributed by atoms with Gasteiger partial charge in [-0.05, 0) is 86.7 Å². The van der Waals surface area contributed by atoms with Crippen molar-refractivity contribution in [1.29, 1.82) is 0 Å². The lowest BCUT2D eigenvalue weighted by atomic mass is 9.90. The summed E-state index contributed by atoms with van der Waals surface area (Å²) in [6.07, 6.45) is 6.35. The number of aromatic hydroxyl groups is 1. The minimum Gasteiger partial charge on any atom is -0.508 e. The molecule has 0 unspecified atom stereocenters. The van der Waals surface area contributed by atoms with Crippen LogP contribution in [0.15, 0.2) is 59.2 Å². The topological polar surface area (TPSA) is 49.5 Å². The van der Waals surface area contributed by atoms with Crippen molar-refractivity contribution < 1.29 is 13.9 Å². The van der Waals surface area contributed by atoms with Crippen LogP contribution in [0.4, 0.5) is 4.39 Å². The van der Waals surface area contributed by atoms with Crippen molar-refractivity contribution in [3.63, 3.8) is 0 Å². The van der Waals surface area contributed by atoms with E-state index in [9.17, 15) is 9.50 Å². The molecule has 4 rings (SSSR count). The van der Waals surface area contributed by atoms with E-state index in [0.29, 0.717) is 11.6 Å². The molecule has 4 nitrogen and oxygen atoms in total. The summed E-state index contributed by atoms with van der Waals surface area (Å²) in [5.41, 5.74) is 3.00. The second-order valence-corrected chi connectivity index (χ2v) is 7.58. The van der Waals surface area contributed by atoms with Crippen LogP contribution in [0.2, 0.25) is 0 Å². The minimum atomic E-state index is -0.260. The molecule has 28 heavy (non-hydrogen) atoms. The van der Waals surface area contributed by atoms with Gasteiger partial charge >= 0.3 is 0 Å². The highest BCUT2D eigenvalue weighted by molar-refractivity contribution is 5.52. The fraction of sp³-hybridized carbons (Fsp3) is 0.348. The average molecular weight is 380 g/mol. The van der Waals surface area contributed by atoms with E-state index in [1.54, 1.807) is 30.5 Å². The van der Waals surface area contributed by atoms with E-state index < -0.39 is 0 Å². The van der Waals surface area contributed by atoms with E-state index >= 15 is 0 Å². The molecular formula is C23H25FN2O2. The van der Waals surface area contributed by atoms with Crippen molar-refractivity contribution in [3.05, 3.63) is 71.9 Å². The molecule has 0 radical (unpaired) electrons. The Morgan fingerprint density at radius 2 is 1.75 bits per heavy atom. The van der Waals surface area contributed by atoms with E-state index in [4.69, 9.17) is 4.42 Å². The zero-order chi connectivity index (χ0) is 19.3. The van der Waals surface area contributed by atoms with Crippen LogP contribution in [0.1, 0.15) is 30.5 Å². The third-order valence-corrected chi connectivity index (χ3v) is 5.51. The maximum absolute atomic E-state index is 13.0. The van der Waals surface area contributed by atoms with E-state index in [0.717, 1.165) is 43.2 Å². The standard InChI is InChI=1S/C23H25FN2O2/c24-20-7-5-19(6-8-20)23-25-21(16-28-23)15-26-13-11-18(12-14-26)2-1-17-3-9-22(27)10-4-17/h3-10,16,18,27H,1-2,11-15H2. The van der Waals surface area contributed by atoms with Gasteiger partial charge in [-0.2, -0.15) is 0 Å². The molecule has 0 saturated carbocycles. The monoisotopic (exact) mass is 380 g/mol. The number of phenolic OH excluding ortho intramolecular Hbond substituents is 1. The first-order chi connectivity index (χ1) is 13.7. The molecule has 3 aromatic rings. The molecule has 1 aliphatic rings. The fourth-order valence-corrected chi connectivity index (χ4v) is 3.80. The zero-order valence-corrected chi connectivity index (χ0v) is 15.9. The van der Waals surface area contributed by atoms with Gasteiger partial charge in [0.25, 0.3) is 0 Å². The van der Waals surface area contributed by atoms with Crippen molar-refractivity contribution in [2.45, 2.75) is 32.2 Å². The van der Waals surface area contributed by atoms with Gasteiger partial charge in [0.05, 0.1) is 5.69 Å². The van der Waals surface area contributed by atoms with E-state index in [-0.39, 0.29) is 5.82 Å². The summed E-state index contributed by atoms with van der Waals surface area (Å²) >= 11 is 0. The molecule has 2 aromatic carbocycles. The predicted octanol–water partition coefficient (Wildman–Crippen LogP) is 5.03. The molecule has 0 amide bonds. The summed E-state index contributed by atoms with van der Waals surface area (Å²) in [6, 6.07) is 13.7. The minimum absolute atomic E-state index is 0.260. The number of piperidine rings is 1. The Labute approximate surface area is 164 Å². The number of hydrogen-bond acceptors (Lipinski definition) is 4. The van der Waals surface area contributed by atoms with Crippen LogP contribution >= 0.6 is 0 Å². The van der Waals surface area contributed by atoms with Crippen LogP contribution < -0.4 is 0 Å². The summed E-state index contributed by atoms with van der Waals surface area (Å²) in [6.45, 7) is 2.92. The largest absolute Gasteiger partial charge is 0.508 e. The molecule has 2 heterocycles. The normalized spacial score (nSPS) is 15.8. The van der Waals surface area contributed by atoms with Crippen molar-refractivity contribution >= 4 is 0 Å². The van der Waals surface area contributed by atoms with Gasteiger partial charge in [-0.3, -0.25) is 4.90 Å². The number of hydrogen-bond donors (Lipinski definition) is 1. The van der Waals surface area contributed by atoms with E-state index in [2.05, 4.69) is 9.88 Å². The molecule has 146 valence electrons. The molecule has 0 aliphatic carbocycles. The van der Waals surface area contributed by atoms with E-state index in [1.807, 2.05) is 12.1 Å². The summed E-state index contributed by atoms with van der Waals surface area (Å²) in [5, 5.41) is 9.37. The van der Waals surface area contributed by atoms with Gasteiger partial charge in [-0.15, -0.1) is 0 Å². The van der Waals surface area contributed by atoms with E-state index in [1.165, 1.54) is 37.0 Å². The average Bonchev–Trinajstić information content (AvgIpc) is 3.18. The van der Waals surface area contributed by atoms with Crippen molar-refractivity contribution in [2.24, 2.45) is 5.92 Å². The lowest BCUT2D eigenvalue weighted by molar-refractivity contribution is 0.171. The Morgan fingerprint density at radius 3 is 2.46 bits per heavy atom. The molecule has 0 bridgehead atoms. The molecule has 1 aliphatic heterocycles. The van der Waals surface area contributed by atoms with Gasteiger partial charge in [0, 0.05) is 12.1 Å². The summed E-state index contributed by atoms with van der Waals surface area (Å²) in [7, 11) is 0. The van der Waals surface area contributed by atoms with Gasteiger partial charge in [0.2, 0.25) is 5.89 Å². The second kappa shape index (κ2) is 8.57. The SMILES string of the molecule is Oc1ccc(CCC2CCN(Cc3coc(-c4ccc(F)cc4)n3)CC2)cc1. The lowest BCUT2D eigenvalue weighted by Crippen LogP contribution is -2.33. The number of aryl methyl sites for hydroxylation is 1. The Morgan fingerprint density at radius 1 is 1.04 bits per heavy atom. The maximum Gasteiger partial charge on any atom is 0.226 e. The number of aromatic nitrogens is 1. The molecule has 1 fully saturated rings. The number of rotatable bonds is 6. The van der Waals surface area contributed by atoms with Crippen molar-refractivity contribution in [3.8, 4) is 17.2 Å². The first-order valence-electron chi connectivity index (χ1n) is 9.86. The Hall–Kier alpha value is -2.66. The molecule has 1 N–H and O–H groups in total.